The smallest absolute Gasteiger partial charge is 0.227 e. The molecule has 1 aromatic carbocycles. The van der Waals surface area contributed by atoms with Gasteiger partial charge in [-0.1, -0.05) is 43.2 Å². The van der Waals surface area contributed by atoms with Crippen LogP contribution in [0.1, 0.15) is 32.1 Å². The van der Waals surface area contributed by atoms with Crippen molar-refractivity contribution in [1.82, 2.24) is 9.55 Å². The number of thioether (sulfide) groups is 1. The topological polar surface area (TPSA) is 46.9 Å². The highest BCUT2D eigenvalue weighted by atomic mass is 32.2. The maximum Gasteiger partial charge on any atom is 0.227 e. The molecule has 2 aromatic rings. The Bertz CT molecular complexity index is 697. The Labute approximate surface area is 140 Å². The van der Waals surface area contributed by atoms with E-state index >= 15 is 0 Å². The largest absolute Gasteiger partial charge is 0.326 e. The number of carbonyl (C=O) groups excluding carboxylic acids is 1. The van der Waals surface area contributed by atoms with E-state index in [4.69, 9.17) is 0 Å². The number of imidazole rings is 1. The fraction of sp³-hybridized carbons (Fsp3) is 0.444. The fourth-order valence-electron chi connectivity index (χ4n) is 3.41. The van der Waals surface area contributed by atoms with Crippen LogP contribution in [0.5, 0.6) is 0 Å². The molecule has 0 saturated heterocycles. The van der Waals surface area contributed by atoms with E-state index < -0.39 is 0 Å². The first-order valence-corrected chi connectivity index (χ1v) is 9.39. The number of nitrogens with zero attached hydrogens (tertiary/aromatic N) is 2. The maximum absolute atomic E-state index is 12.4. The van der Waals surface area contributed by atoms with Gasteiger partial charge in [0.25, 0.3) is 0 Å². The third-order valence-electron chi connectivity index (χ3n) is 4.71. The molecule has 5 heteroatoms. The summed E-state index contributed by atoms with van der Waals surface area (Å²) in [7, 11) is 0. The Morgan fingerprint density at radius 1 is 1.26 bits per heavy atom. The number of anilines is 1. The molecule has 2 aliphatic rings. The Kier molecular flexibility index (Phi) is 4.12. The highest BCUT2D eigenvalue weighted by Gasteiger charge is 2.21. The second-order valence-corrected chi connectivity index (χ2v) is 7.42. The normalized spacial score (nSPS) is 17.9. The molecule has 23 heavy (non-hydrogen) atoms. The van der Waals surface area contributed by atoms with Crippen molar-refractivity contribution in [1.29, 1.82) is 0 Å². The van der Waals surface area contributed by atoms with Crippen molar-refractivity contribution >= 4 is 23.4 Å². The van der Waals surface area contributed by atoms with Crippen molar-refractivity contribution in [3.63, 3.8) is 0 Å². The van der Waals surface area contributed by atoms with Crippen LogP contribution >= 0.6 is 11.8 Å². The van der Waals surface area contributed by atoms with E-state index in [-0.39, 0.29) is 11.8 Å². The predicted octanol–water partition coefficient (Wildman–Crippen LogP) is 4.17. The lowest BCUT2D eigenvalue weighted by Gasteiger charge is -2.20. The molecule has 1 N–H and O–H groups in total. The van der Waals surface area contributed by atoms with Gasteiger partial charge in [0.1, 0.15) is 0 Å². The molecule has 1 aromatic heterocycles. The van der Waals surface area contributed by atoms with Crippen LogP contribution in [-0.2, 0) is 11.3 Å². The number of rotatable bonds is 3. The minimum absolute atomic E-state index is 0.171. The van der Waals surface area contributed by atoms with E-state index in [1.54, 1.807) is 11.8 Å². The van der Waals surface area contributed by atoms with E-state index in [1.807, 2.05) is 18.2 Å². The summed E-state index contributed by atoms with van der Waals surface area (Å²) in [4.78, 5) is 17.1. The van der Waals surface area contributed by atoms with Crippen molar-refractivity contribution in [2.75, 3.05) is 11.1 Å². The van der Waals surface area contributed by atoms with E-state index in [1.165, 1.54) is 19.3 Å². The quantitative estimate of drug-likeness (QED) is 0.920. The minimum Gasteiger partial charge on any atom is -0.326 e. The molecule has 4 nitrogen and oxygen atoms in total. The van der Waals surface area contributed by atoms with Gasteiger partial charge in [-0.3, -0.25) is 4.79 Å². The first-order chi connectivity index (χ1) is 11.3. The molecule has 0 atom stereocenters. The molecular weight excluding hydrogens is 306 g/mol. The highest BCUT2D eigenvalue weighted by Crippen LogP contribution is 2.30. The van der Waals surface area contributed by atoms with Crippen LogP contribution in [0.15, 0.2) is 35.6 Å². The summed E-state index contributed by atoms with van der Waals surface area (Å²) in [6.45, 7) is 1.03. The molecule has 0 bridgehead atoms. The number of benzene rings is 1. The number of amides is 1. The van der Waals surface area contributed by atoms with Gasteiger partial charge in [0.05, 0.1) is 5.69 Å². The van der Waals surface area contributed by atoms with Gasteiger partial charge >= 0.3 is 0 Å². The average Bonchev–Trinajstić information content (AvgIpc) is 3.17. The molecule has 1 aliphatic heterocycles. The Morgan fingerprint density at radius 3 is 2.96 bits per heavy atom. The fourth-order valence-corrected chi connectivity index (χ4v) is 4.36. The predicted molar refractivity (Wildman–Crippen MR) is 93.6 cm³/mol. The number of nitrogens with one attached hydrogen (secondary N) is 1. The van der Waals surface area contributed by atoms with E-state index in [2.05, 4.69) is 27.1 Å². The lowest BCUT2D eigenvalue weighted by Crippen LogP contribution is -2.24. The van der Waals surface area contributed by atoms with Crippen LogP contribution < -0.4 is 5.32 Å². The highest BCUT2D eigenvalue weighted by molar-refractivity contribution is 7.99. The third kappa shape index (κ3) is 3.15. The zero-order valence-corrected chi connectivity index (χ0v) is 13.9. The van der Waals surface area contributed by atoms with Crippen molar-refractivity contribution < 1.29 is 4.79 Å². The Morgan fingerprint density at radius 2 is 2.13 bits per heavy atom. The average molecular weight is 327 g/mol. The second-order valence-electron chi connectivity index (χ2n) is 6.36. The number of carbonyl (C=O) groups is 1. The van der Waals surface area contributed by atoms with Crippen LogP contribution in [0.2, 0.25) is 0 Å². The molecule has 4 rings (SSSR count). The van der Waals surface area contributed by atoms with Crippen LogP contribution in [0.25, 0.3) is 11.3 Å². The first-order valence-electron chi connectivity index (χ1n) is 8.41. The molecule has 0 radical (unpaired) electrons. The molecule has 120 valence electrons. The van der Waals surface area contributed by atoms with Crippen LogP contribution in [0.3, 0.4) is 0 Å². The summed E-state index contributed by atoms with van der Waals surface area (Å²) in [5.41, 5.74) is 2.92. The maximum atomic E-state index is 12.4. The first kappa shape index (κ1) is 14.8. The Hall–Kier alpha value is -1.75. The lowest BCUT2D eigenvalue weighted by atomic mass is 9.88. The molecule has 1 amide bonds. The third-order valence-corrected chi connectivity index (χ3v) is 5.68. The van der Waals surface area contributed by atoms with E-state index in [0.717, 1.165) is 47.2 Å². The molecule has 0 unspecified atom stereocenters. The summed E-state index contributed by atoms with van der Waals surface area (Å²) < 4.78 is 2.20. The molecule has 1 aliphatic carbocycles. The van der Waals surface area contributed by atoms with Crippen LogP contribution in [0, 0.1) is 5.92 Å². The SMILES string of the molecule is O=C(Nc1cccc(-c2cn3c(n2)SCC3)c1)C1CCCCC1. The summed E-state index contributed by atoms with van der Waals surface area (Å²) in [5, 5.41) is 4.19. The van der Waals surface area contributed by atoms with E-state index in [9.17, 15) is 4.79 Å². The number of aryl methyl sites for hydroxylation is 1. The number of hydrogen-bond donors (Lipinski definition) is 1. The van der Waals surface area contributed by atoms with Gasteiger partial charge in [-0.15, -0.1) is 0 Å². The molecule has 0 spiro atoms. The molecular formula is C18H21N3OS. The van der Waals surface area contributed by atoms with Crippen molar-refractivity contribution in [2.24, 2.45) is 5.92 Å². The number of hydrogen-bond acceptors (Lipinski definition) is 3. The van der Waals surface area contributed by atoms with Gasteiger partial charge in [-0.05, 0) is 25.0 Å². The van der Waals surface area contributed by atoms with Gasteiger partial charge in [0.2, 0.25) is 5.91 Å². The molecule has 1 saturated carbocycles. The molecule has 2 heterocycles. The number of fused-ring (bicyclic) bond motifs is 1. The van der Waals surface area contributed by atoms with Crippen LogP contribution in [0.4, 0.5) is 5.69 Å². The van der Waals surface area contributed by atoms with Crippen LogP contribution in [-0.4, -0.2) is 21.2 Å². The van der Waals surface area contributed by atoms with Gasteiger partial charge in [-0.2, -0.15) is 0 Å². The standard InChI is InChI=1S/C18H21N3OS/c22-17(13-5-2-1-3-6-13)19-15-8-4-7-14(11-15)16-12-21-9-10-23-18(21)20-16/h4,7-8,11-13H,1-3,5-6,9-10H2,(H,19,22). The van der Waals surface area contributed by atoms with Crippen molar-refractivity contribution in [3.05, 3.63) is 30.5 Å². The zero-order valence-electron chi connectivity index (χ0n) is 13.1. The zero-order chi connectivity index (χ0) is 15.6. The summed E-state index contributed by atoms with van der Waals surface area (Å²) in [6.07, 6.45) is 7.78. The lowest BCUT2D eigenvalue weighted by molar-refractivity contribution is -0.120. The summed E-state index contributed by atoms with van der Waals surface area (Å²) >= 11 is 1.80. The Balaban J connectivity index is 1.50. The van der Waals surface area contributed by atoms with E-state index in [0.29, 0.717) is 0 Å². The van der Waals surface area contributed by atoms with Gasteiger partial charge in [0.15, 0.2) is 5.16 Å². The summed E-state index contributed by atoms with van der Waals surface area (Å²) in [6, 6.07) is 8.04. The van der Waals surface area contributed by atoms with Gasteiger partial charge in [0, 0.05) is 35.7 Å². The minimum atomic E-state index is 0.171. The van der Waals surface area contributed by atoms with Crippen molar-refractivity contribution in [2.45, 2.75) is 43.8 Å². The second kappa shape index (κ2) is 6.40. The summed E-state index contributed by atoms with van der Waals surface area (Å²) in [5.74, 6) is 1.46. The van der Waals surface area contributed by atoms with Gasteiger partial charge in [-0.25, -0.2) is 4.98 Å². The monoisotopic (exact) mass is 327 g/mol. The number of aromatic nitrogens is 2. The molecule has 1 fully saturated rings. The van der Waals surface area contributed by atoms with Crippen molar-refractivity contribution in [3.8, 4) is 11.3 Å². The van der Waals surface area contributed by atoms with Gasteiger partial charge < -0.3 is 9.88 Å².